The van der Waals surface area contributed by atoms with Crippen LogP contribution in [0.25, 0.3) is 0 Å². The molecule has 0 aliphatic rings. The van der Waals surface area contributed by atoms with Crippen LogP contribution in [0.3, 0.4) is 0 Å². The Kier molecular flexibility index (Phi) is 5.78. The van der Waals surface area contributed by atoms with Crippen LogP contribution in [0, 0.1) is 35.4 Å². The summed E-state index contributed by atoms with van der Waals surface area (Å²) in [5, 5.41) is 2.00. The van der Waals surface area contributed by atoms with E-state index < -0.39 is 11.6 Å². The standard InChI is InChI=1S/C19H11F2NS/c1-2-14-3-5-15(6-4-14)7-8-16-11-18(20)17(19(21)12-16)9-10-22-13-23/h3-6,11-12H,2H2,1H3. The maximum Gasteiger partial charge on any atom is 0.143 e. The fourth-order valence-electron chi connectivity index (χ4n) is 1.84. The van der Waals surface area contributed by atoms with E-state index in [9.17, 15) is 8.78 Å². The molecular weight excluding hydrogens is 312 g/mol. The zero-order valence-electron chi connectivity index (χ0n) is 12.3. The molecule has 0 aliphatic heterocycles. The minimum Gasteiger partial charge on any atom is -0.205 e. The Labute approximate surface area is 139 Å². The zero-order valence-corrected chi connectivity index (χ0v) is 13.1. The Balaban J connectivity index is 2.30. The van der Waals surface area contributed by atoms with Crippen LogP contribution in [0.4, 0.5) is 8.78 Å². The van der Waals surface area contributed by atoms with Crippen molar-refractivity contribution in [3.8, 4) is 23.8 Å². The highest BCUT2D eigenvalue weighted by molar-refractivity contribution is 7.78. The van der Waals surface area contributed by atoms with Crippen LogP contribution in [-0.2, 0) is 6.42 Å². The van der Waals surface area contributed by atoms with Gasteiger partial charge in [-0.25, -0.2) is 8.78 Å². The van der Waals surface area contributed by atoms with E-state index in [0.29, 0.717) is 0 Å². The summed E-state index contributed by atoms with van der Waals surface area (Å²) in [6.07, 6.45) is 0.944. The number of benzene rings is 2. The molecule has 112 valence electrons. The van der Waals surface area contributed by atoms with Gasteiger partial charge in [0.15, 0.2) is 0 Å². The third kappa shape index (κ3) is 4.59. The average Bonchev–Trinajstić information content (AvgIpc) is 2.56. The molecule has 0 aromatic heterocycles. The van der Waals surface area contributed by atoms with Crippen molar-refractivity contribution in [2.75, 3.05) is 0 Å². The molecular formula is C19H11F2NS. The number of hydrogen-bond donors (Lipinski definition) is 0. The highest BCUT2D eigenvalue weighted by Gasteiger charge is 2.08. The predicted molar refractivity (Wildman–Crippen MR) is 90.1 cm³/mol. The molecule has 2 aromatic carbocycles. The van der Waals surface area contributed by atoms with Crippen LogP contribution in [0.5, 0.6) is 0 Å². The molecule has 0 atom stereocenters. The molecule has 0 saturated carbocycles. The minimum absolute atomic E-state index is 0.239. The van der Waals surface area contributed by atoms with Gasteiger partial charge in [0.1, 0.15) is 11.6 Å². The van der Waals surface area contributed by atoms with Gasteiger partial charge in [0.2, 0.25) is 0 Å². The van der Waals surface area contributed by atoms with Gasteiger partial charge in [0.05, 0.1) is 16.8 Å². The van der Waals surface area contributed by atoms with Gasteiger partial charge in [0.25, 0.3) is 0 Å². The number of isothiocyanates is 1. The molecule has 0 fully saturated rings. The smallest absolute Gasteiger partial charge is 0.143 e. The van der Waals surface area contributed by atoms with Gasteiger partial charge < -0.3 is 0 Å². The molecule has 0 amide bonds. The third-order valence-corrected chi connectivity index (χ3v) is 3.13. The Morgan fingerprint density at radius 1 is 0.957 bits per heavy atom. The summed E-state index contributed by atoms with van der Waals surface area (Å²) < 4.78 is 27.7. The van der Waals surface area contributed by atoms with Crippen LogP contribution in [0.15, 0.2) is 41.4 Å². The van der Waals surface area contributed by atoms with Crippen LogP contribution in [0.1, 0.15) is 29.2 Å². The Morgan fingerprint density at radius 2 is 1.57 bits per heavy atom. The Morgan fingerprint density at radius 3 is 2.13 bits per heavy atom. The van der Waals surface area contributed by atoms with Gasteiger partial charge >= 0.3 is 0 Å². The summed E-state index contributed by atoms with van der Waals surface area (Å²) in [4.78, 5) is 3.30. The molecule has 23 heavy (non-hydrogen) atoms. The number of halogens is 2. The molecule has 1 nitrogen and oxygen atoms in total. The van der Waals surface area contributed by atoms with Crippen molar-refractivity contribution in [1.82, 2.24) is 0 Å². The molecule has 0 heterocycles. The first-order valence-corrected chi connectivity index (χ1v) is 7.22. The lowest BCUT2D eigenvalue weighted by Crippen LogP contribution is -1.92. The highest BCUT2D eigenvalue weighted by atomic mass is 32.1. The molecule has 0 saturated heterocycles. The van der Waals surface area contributed by atoms with E-state index in [1.54, 1.807) is 0 Å². The first-order chi connectivity index (χ1) is 11.1. The van der Waals surface area contributed by atoms with E-state index in [1.165, 1.54) is 5.56 Å². The maximum absolute atomic E-state index is 13.9. The largest absolute Gasteiger partial charge is 0.205 e. The minimum atomic E-state index is -0.789. The van der Waals surface area contributed by atoms with E-state index in [4.69, 9.17) is 0 Å². The average molecular weight is 323 g/mol. The van der Waals surface area contributed by atoms with Crippen LogP contribution < -0.4 is 0 Å². The molecule has 0 unspecified atom stereocenters. The van der Waals surface area contributed by atoms with Crippen LogP contribution in [-0.4, -0.2) is 5.16 Å². The SMILES string of the molecule is CCc1ccc(C#Cc2cc(F)c(C#CN=C=S)c(F)c2)cc1. The zero-order chi connectivity index (χ0) is 16.7. The van der Waals surface area contributed by atoms with Crippen molar-refractivity contribution in [2.45, 2.75) is 13.3 Å². The lowest BCUT2D eigenvalue weighted by molar-refractivity contribution is 0.577. The number of rotatable bonds is 1. The van der Waals surface area contributed by atoms with Gasteiger partial charge in [0, 0.05) is 11.1 Å². The summed E-state index contributed by atoms with van der Waals surface area (Å²) >= 11 is 4.33. The molecule has 0 N–H and O–H groups in total. The first kappa shape index (κ1) is 16.6. The van der Waals surface area contributed by atoms with E-state index in [2.05, 4.69) is 47.9 Å². The second kappa shape index (κ2) is 8.01. The lowest BCUT2D eigenvalue weighted by Gasteiger charge is -1.98. The summed E-state index contributed by atoms with van der Waals surface area (Å²) in [5.74, 6) is 6.29. The second-order valence-corrected chi connectivity index (χ2v) is 4.74. The fourth-order valence-corrected chi connectivity index (χ4v) is 1.89. The van der Waals surface area contributed by atoms with E-state index in [0.717, 1.165) is 24.1 Å². The van der Waals surface area contributed by atoms with Crippen molar-refractivity contribution in [3.05, 3.63) is 70.3 Å². The Bertz CT molecular complexity index is 864. The maximum atomic E-state index is 13.9. The number of aliphatic imine (C=N–C) groups is 1. The van der Waals surface area contributed by atoms with Gasteiger partial charge in [-0.15, -0.1) is 4.99 Å². The van der Waals surface area contributed by atoms with E-state index >= 15 is 0 Å². The van der Waals surface area contributed by atoms with E-state index in [-0.39, 0.29) is 11.1 Å². The quantitative estimate of drug-likeness (QED) is 0.432. The van der Waals surface area contributed by atoms with Crippen molar-refractivity contribution in [1.29, 1.82) is 0 Å². The summed E-state index contributed by atoms with van der Waals surface area (Å²) in [5.41, 5.74) is 1.86. The fraction of sp³-hybridized carbons (Fsp3) is 0.105. The van der Waals surface area contributed by atoms with Gasteiger partial charge in [-0.1, -0.05) is 30.9 Å². The molecule has 0 bridgehead atoms. The summed E-state index contributed by atoms with van der Waals surface area (Å²) in [7, 11) is 0. The van der Waals surface area contributed by atoms with Gasteiger partial charge in [-0.2, -0.15) is 0 Å². The monoisotopic (exact) mass is 323 g/mol. The van der Waals surface area contributed by atoms with Crippen molar-refractivity contribution in [2.24, 2.45) is 4.99 Å². The van der Waals surface area contributed by atoms with Crippen molar-refractivity contribution < 1.29 is 8.78 Å². The molecule has 0 spiro atoms. The summed E-state index contributed by atoms with van der Waals surface area (Å²) in [6.45, 7) is 2.06. The number of aryl methyl sites for hydroxylation is 1. The molecule has 2 rings (SSSR count). The van der Waals surface area contributed by atoms with Gasteiger partial charge in [-0.3, -0.25) is 0 Å². The topological polar surface area (TPSA) is 12.4 Å². The Hall–Kier alpha value is -2.78. The second-order valence-electron chi connectivity index (χ2n) is 4.56. The van der Waals surface area contributed by atoms with Gasteiger partial charge in [-0.05, 0) is 54.4 Å². The van der Waals surface area contributed by atoms with Crippen LogP contribution >= 0.6 is 12.2 Å². The predicted octanol–water partition coefficient (Wildman–Crippen LogP) is 4.34. The normalized spacial score (nSPS) is 9.00. The van der Waals surface area contributed by atoms with Crippen molar-refractivity contribution in [3.63, 3.8) is 0 Å². The molecule has 4 heteroatoms. The lowest BCUT2D eigenvalue weighted by atomic mass is 10.1. The van der Waals surface area contributed by atoms with Crippen molar-refractivity contribution >= 4 is 17.4 Å². The summed E-state index contributed by atoms with van der Waals surface area (Å²) in [6, 6.07) is 12.1. The van der Waals surface area contributed by atoms with Crippen LogP contribution in [0.2, 0.25) is 0 Å². The molecule has 0 aliphatic carbocycles. The first-order valence-electron chi connectivity index (χ1n) is 6.82. The number of hydrogen-bond acceptors (Lipinski definition) is 2. The third-order valence-electron chi connectivity index (χ3n) is 3.04. The highest BCUT2D eigenvalue weighted by Crippen LogP contribution is 2.14. The molecule has 0 radical (unpaired) electrons. The van der Waals surface area contributed by atoms with E-state index in [1.807, 2.05) is 29.4 Å². The number of nitrogens with zero attached hydrogens (tertiary/aromatic N) is 1. The molecule has 2 aromatic rings. The number of thiocarbonyl (C=S) groups is 1.